The number of hydrogen-bond donors (Lipinski definition) is 1. The van der Waals surface area contributed by atoms with Gasteiger partial charge in [-0.25, -0.2) is 9.97 Å². The molecule has 4 rings (SSSR count). The second kappa shape index (κ2) is 5.06. The molecular weight excluding hydrogens is 304 g/mol. The van der Waals surface area contributed by atoms with Gasteiger partial charge in [0, 0.05) is 23.7 Å². The van der Waals surface area contributed by atoms with E-state index in [9.17, 15) is 0 Å². The standard InChI is InChI=1S/C18H20N4S/c1-17(2)6-13-4-3-12(14-7-20-11-21-8-14)5-15(13)18(9-17)10-23-16(19)22-18/h3-5,7-8,11H,6,9-10H2,1-2H3,(H2,19,22). The van der Waals surface area contributed by atoms with Crippen molar-refractivity contribution in [3.63, 3.8) is 0 Å². The van der Waals surface area contributed by atoms with Gasteiger partial charge in [-0.2, -0.15) is 0 Å². The molecule has 0 fully saturated rings. The van der Waals surface area contributed by atoms with Crippen LogP contribution in [0.3, 0.4) is 0 Å². The topological polar surface area (TPSA) is 64.2 Å². The monoisotopic (exact) mass is 324 g/mol. The highest BCUT2D eigenvalue weighted by Gasteiger charge is 2.46. The lowest BCUT2D eigenvalue weighted by atomic mass is 9.65. The first-order chi connectivity index (χ1) is 11.0. The highest BCUT2D eigenvalue weighted by Crippen LogP contribution is 2.51. The highest BCUT2D eigenvalue weighted by atomic mass is 32.2. The molecule has 0 saturated heterocycles. The van der Waals surface area contributed by atoms with Crippen molar-refractivity contribution in [1.82, 2.24) is 9.97 Å². The first kappa shape index (κ1) is 14.7. The zero-order valence-electron chi connectivity index (χ0n) is 13.4. The van der Waals surface area contributed by atoms with Crippen LogP contribution in [0.25, 0.3) is 11.1 Å². The lowest BCUT2D eigenvalue weighted by Crippen LogP contribution is -2.38. The molecule has 1 unspecified atom stereocenters. The van der Waals surface area contributed by atoms with Crippen LogP contribution in [0.2, 0.25) is 0 Å². The van der Waals surface area contributed by atoms with Gasteiger partial charge in [-0.05, 0) is 41.0 Å². The molecule has 1 aromatic heterocycles. The van der Waals surface area contributed by atoms with Crippen molar-refractivity contribution >= 4 is 16.9 Å². The Morgan fingerprint density at radius 2 is 1.91 bits per heavy atom. The minimum atomic E-state index is -0.183. The maximum atomic E-state index is 6.03. The number of nitrogens with two attached hydrogens (primary N) is 1. The predicted molar refractivity (Wildman–Crippen MR) is 95.3 cm³/mol. The van der Waals surface area contributed by atoms with E-state index in [1.807, 2.05) is 12.4 Å². The summed E-state index contributed by atoms with van der Waals surface area (Å²) < 4.78 is 0. The number of aliphatic imine (C=N–C) groups is 1. The van der Waals surface area contributed by atoms with Gasteiger partial charge in [0.15, 0.2) is 5.17 Å². The first-order valence-corrected chi connectivity index (χ1v) is 8.83. The number of nitrogens with zero attached hydrogens (tertiary/aromatic N) is 3. The minimum Gasteiger partial charge on any atom is -0.379 e. The Morgan fingerprint density at radius 1 is 1.13 bits per heavy atom. The lowest BCUT2D eigenvalue weighted by Gasteiger charge is -2.42. The number of aromatic nitrogens is 2. The van der Waals surface area contributed by atoms with E-state index in [2.05, 4.69) is 42.0 Å². The molecule has 2 heterocycles. The summed E-state index contributed by atoms with van der Waals surface area (Å²) in [4.78, 5) is 13.1. The normalized spacial score (nSPS) is 25.2. The van der Waals surface area contributed by atoms with Gasteiger partial charge in [0.05, 0.1) is 5.54 Å². The summed E-state index contributed by atoms with van der Waals surface area (Å²) in [6.07, 6.45) is 7.39. The zero-order valence-corrected chi connectivity index (χ0v) is 14.2. The Bertz CT molecular complexity index is 785. The van der Waals surface area contributed by atoms with Crippen molar-refractivity contribution in [2.45, 2.75) is 32.2 Å². The van der Waals surface area contributed by atoms with Gasteiger partial charge in [-0.3, -0.25) is 4.99 Å². The van der Waals surface area contributed by atoms with E-state index >= 15 is 0 Å². The Hall–Kier alpha value is -1.88. The molecule has 1 spiro atoms. The van der Waals surface area contributed by atoms with Gasteiger partial charge in [-0.15, -0.1) is 0 Å². The second-order valence-electron chi connectivity index (χ2n) is 7.29. The second-order valence-corrected chi connectivity index (χ2v) is 8.28. The van der Waals surface area contributed by atoms with Crippen molar-refractivity contribution < 1.29 is 0 Å². The van der Waals surface area contributed by atoms with Crippen molar-refractivity contribution in [2.75, 3.05) is 5.75 Å². The molecule has 0 amide bonds. The van der Waals surface area contributed by atoms with Crippen LogP contribution >= 0.6 is 11.8 Å². The van der Waals surface area contributed by atoms with Crippen LogP contribution < -0.4 is 5.73 Å². The van der Waals surface area contributed by atoms with Crippen molar-refractivity contribution in [2.24, 2.45) is 16.1 Å². The average molecular weight is 324 g/mol. The molecule has 1 aliphatic carbocycles. The van der Waals surface area contributed by atoms with Crippen LogP contribution in [0.1, 0.15) is 31.4 Å². The molecule has 0 bridgehead atoms. The van der Waals surface area contributed by atoms with Crippen LogP contribution in [-0.4, -0.2) is 20.9 Å². The molecular formula is C18H20N4S. The van der Waals surface area contributed by atoms with Gasteiger partial charge in [0.1, 0.15) is 6.33 Å². The third kappa shape index (κ3) is 2.53. The van der Waals surface area contributed by atoms with Gasteiger partial charge >= 0.3 is 0 Å². The van der Waals surface area contributed by atoms with E-state index in [0.717, 1.165) is 29.7 Å². The van der Waals surface area contributed by atoms with Crippen molar-refractivity contribution in [3.8, 4) is 11.1 Å². The summed E-state index contributed by atoms with van der Waals surface area (Å²) in [5.41, 5.74) is 11.0. The smallest absolute Gasteiger partial charge is 0.154 e. The maximum absolute atomic E-state index is 6.03. The van der Waals surface area contributed by atoms with Crippen LogP contribution in [-0.2, 0) is 12.0 Å². The SMILES string of the molecule is CC1(C)Cc2ccc(-c3cncnc3)cc2C2(CSC(N)=N2)C1. The summed E-state index contributed by atoms with van der Waals surface area (Å²) in [5.74, 6) is 0.935. The maximum Gasteiger partial charge on any atom is 0.154 e. The minimum absolute atomic E-state index is 0.183. The van der Waals surface area contributed by atoms with Crippen molar-refractivity contribution in [3.05, 3.63) is 48.0 Å². The van der Waals surface area contributed by atoms with E-state index in [-0.39, 0.29) is 11.0 Å². The molecule has 2 aromatic rings. The molecule has 0 saturated carbocycles. The van der Waals surface area contributed by atoms with Crippen LogP contribution in [0.15, 0.2) is 41.9 Å². The molecule has 2 aliphatic rings. The molecule has 118 valence electrons. The Morgan fingerprint density at radius 3 is 2.61 bits per heavy atom. The number of amidine groups is 1. The first-order valence-electron chi connectivity index (χ1n) is 7.84. The summed E-state index contributed by atoms with van der Waals surface area (Å²) in [7, 11) is 0. The van der Waals surface area contributed by atoms with Crippen molar-refractivity contribution in [1.29, 1.82) is 0 Å². The third-order valence-corrected chi connectivity index (χ3v) is 5.74. The molecule has 23 heavy (non-hydrogen) atoms. The molecule has 1 atom stereocenters. The molecule has 4 nitrogen and oxygen atoms in total. The average Bonchev–Trinajstić information content (AvgIpc) is 2.88. The molecule has 1 aliphatic heterocycles. The number of hydrogen-bond acceptors (Lipinski definition) is 5. The van der Waals surface area contributed by atoms with Crippen LogP contribution in [0.5, 0.6) is 0 Å². The fraction of sp³-hybridized carbons (Fsp3) is 0.389. The summed E-state index contributed by atoms with van der Waals surface area (Å²) >= 11 is 1.67. The molecule has 5 heteroatoms. The van der Waals surface area contributed by atoms with E-state index in [1.165, 1.54) is 11.1 Å². The predicted octanol–water partition coefficient (Wildman–Crippen LogP) is 3.37. The number of rotatable bonds is 1. The Labute approximate surface area is 140 Å². The summed E-state index contributed by atoms with van der Waals surface area (Å²) in [6, 6.07) is 6.68. The molecule has 0 radical (unpaired) electrons. The summed E-state index contributed by atoms with van der Waals surface area (Å²) in [6.45, 7) is 4.65. The van der Waals surface area contributed by atoms with Gasteiger partial charge in [0.2, 0.25) is 0 Å². The van der Waals surface area contributed by atoms with E-state index in [4.69, 9.17) is 10.7 Å². The number of thioether (sulfide) groups is 1. The van der Waals surface area contributed by atoms with E-state index < -0.39 is 0 Å². The van der Waals surface area contributed by atoms with E-state index in [0.29, 0.717) is 5.17 Å². The zero-order chi connectivity index (χ0) is 16.1. The summed E-state index contributed by atoms with van der Waals surface area (Å²) in [5, 5.41) is 0.710. The number of fused-ring (bicyclic) bond motifs is 2. The Balaban J connectivity index is 1.88. The van der Waals surface area contributed by atoms with E-state index in [1.54, 1.807) is 18.1 Å². The molecule has 1 aromatic carbocycles. The lowest BCUT2D eigenvalue weighted by molar-refractivity contribution is 0.229. The third-order valence-electron chi connectivity index (χ3n) is 4.73. The fourth-order valence-electron chi connectivity index (χ4n) is 3.95. The fourth-order valence-corrected chi connectivity index (χ4v) is 4.90. The molecule has 2 N–H and O–H groups in total. The van der Waals surface area contributed by atoms with Gasteiger partial charge in [-0.1, -0.05) is 37.7 Å². The Kier molecular flexibility index (Phi) is 3.23. The quantitative estimate of drug-likeness (QED) is 0.873. The van der Waals surface area contributed by atoms with Gasteiger partial charge in [0.25, 0.3) is 0 Å². The van der Waals surface area contributed by atoms with Crippen LogP contribution in [0, 0.1) is 5.41 Å². The number of benzene rings is 1. The largest absolute Gasteiger partial charge is 0.379 e. The highest BCUT2D eigenvalue weighted by molar-refractivity contribution is 8.14. The van der Waals surface area contributed by atoms with Gasteiger partial charge < -0.3 is 5.73 Å². The van der Waals surface area contributed by atoms with Crippen LogP contribution in [0.4, 0.5) is 0 Å².